The second-order valence-corrected chi connectivity index (χ2v) is 8.88. The zero-order valence-corrected chi connectivity index (χ0v) is 18.7. The van der Waals surface area contributed by atoms with E-state index in [9.17, 15) is 13.6 Å². The van der Waals surface area contributed by atoms with Crippen molar-refractivity contribution >= 4 is 5.97 Å². The Morgan fingerprint density at radius 1 is 1.00 bits per heavy atom. The van der Waals surface area contributed by atoms with E-state index in [1.54, 1.807) is 12.1 Å². The minimum Gasteiger partial charge on any atom is -0.423 e. The van der Waals surface area contributed by atoms with Crippen LogP contribution in [0.4, 0.5) is 8.78 Å². The van der Waals surface area contributed by atoms with Gasteiger partial charge in [0.2, 0.25) is 0 Å². The molecule has 5 heteroatoms. The maximum Gasteiger partial charge on any atom is 0.346 e. The highest BCUT2D eigenvalue weighted by molar-refractivity contribution is 5.91. The first-order valence-corrected chi connectivity index (χ1v) is 11.7. The summed E-state index contributed by atoms with van der Waals surface area (Å²) in [7, 11) is 0. The number of nitrogens with zero attached hydrogens (tertiary/aromatic N) is 1. The van der Waals surface area contributed by atoms with Gasteiger partial charge in [-0.25, -0.2) is 13.6 Å². The van der Waals surface area contributed by atoms with E-state index < -0.39 is 17.6 Å². The van der Waals surface area contributed by atoms with Crippen molar-refractivity contribution in [3.05, 3.63) is 64.7 Å². The van der Waals surface area contributed by atoms with Gasteiger partial charge in [0.05, 0.1) is 11.1 Å². The minimum atomic E-state index is -0.889. The van der Waals surface area contributed by atoms with Gasteiger partial charge in [-0.1, -0.05) is 64.4 Å². The fraction of sp³-hybridized carbons (Fsp3) is 0.481. The fourth-order valence-corrected chi connectivity index (χ4v) is 4.55. The van der Waals surface area contributed by atoms with Crippen LogP contribution >= 0.6 is 0 Å². The first-order valence-electron chi connectivity index (χ1n) is 11.7. The molecular formula is C27H31F2NO2. The first-order chi connectivity index (χ1) is 15.5. The van der Waals surface area contributed by atoms with Crippen molar-refractivity contribution in [2.75, 3.05) is 0 Å². The Balaban J connectivity index is 1.49. The van der Waals surface area contributed by atoms with Gasteiger partial charge in [-0.2, -0.15) is 5.26 Å². The van der Waals surface area contributed by atoms with Gasteiger partial charge in [-0.3, -0.25) is 0 Å². The first kappa shape index (κ1) is 23.9. The molecule has 0 aromatic heterocycles. The van der Waals surface area contributed by atoms with Crippen LogP contribution in [0.1, 0.15) is 86.2 Å². The summed E-state index contributed by atoms with van der Waals surface area (Å²) in [5.74, 6) is -0.814. The van der Waals surface area contributed by atoms with Crippen molar-refractivity contribution in [1.29, 1.82) is 5.26 Å². The fourth-order valence-electron chi connectivity index (χ4n) is 4.55. The molecule has 0 bridgehead atoms. The lowest BCUT2D eigenvalue weighted by atomic mass is 9.78. The molecule has 1 fully saturated rings. The quantitative estimate of drug-likeness (QED) is 0.233. The Morgan fingerprint density at radius 2 is 1.72 bits per heavy atom. The Morgan fingerprint density at radius 3 is 2.34 bits per heavy atom. The van der Waals surface area contributed by atoms with E-state index >= 15 is 0 Å². The summed E-state index contributed by atoms with van der Waals surface area (Å²) >= 11 is 0. The van der Waals surface area contributed by atoms with Crippen LogP contribution in [0.2, 0.25) is 0 Å². The number of nitriles is 1. The Bertz CT molecular complexity index is 959. The lowest BCUT2D eigenvalue weighted by Gasteiger charge is -2.28. The molecule has 32 heavy (non-hydrogen) atoms. The third-order valence-corrected chi connectivity index (χ3v) is 6.55. The molecule has 3 rings (SSSR count). The number of aryl methyl sites for hydroxylation is 1. The molecular weight excluding hydrogens is 408 g/mol. The Hall–Kier alpha value is -2.74. The third-order valence-electron chi connectivity index (χ3n) is 6.55. The summed E-state index contributed by atoms with van der Waals surface area (Å²) in [4.78, 5) is 12.3. The lowest BCUT2D eigenvalue weighted by molar-refractivity contribution is 0.0729. The molecule has 0 radical (unpaired) electrons. The number of unbranched alkanes of at least 4 members (excludes halogenated alkanes) is 2. The van der Waals surface area contributed by atoms with Crippen molar-refractivity contribution in [3.8, 4) is 11.8 Å². The molecule has 0 N–H and O–H groups in total. The maximum atomic E-state index is 14.5. The van der Waals surface area contributed by atoms with E-state index in [-0.39, 0.29) is 16.9 Å². The maximum absolute atomic E-state index is 14.5. The zero-order chi connectivity index (χ0) is 22.9. The molecule has 0 amide bonds. The zero-order valence-electron chi connectivity index (χ0n) is 18.7. The van der Waals surface area contributed by atoms with Gasteiger partial charge in [0.25, 0.3) is 0 Å². The second-order valence-electron chi connectivity index (χ2n) is 8.88. The SMILES string of the molecule is CCCCC[C@H]1CC[C@H](CCc2ccc(C(=O)Oc3ccc(C#N)c(F)c3)c(F)c2)CC1. The van der Waals surface area contributed by atoms with Gasteiger partial charge in [-0.15, -0.1) is 0 Å². The lowest BCUT2D eigenvalue weighted by Crippen LogP contribution is -2.15. The van der Waals surface area contributed by atoms with E-state index in [1.807, 2.05) is 0 Å². The number of carbonyl (C=O) groups excluding carboxylic acids is 1. The van der Waals surface area contributed by atoms with Crippen LogP contribution in [0.3, 0.4) is 0 Å². The predicted molar refractivity (Wildman–Crippen MR) is 120 cm³/mol. The molecule has 0 unspecified atom stereocenters. The molecule has 0 saturated heterocycles. The number of carbonyl (C=O) groups is 1. The van der Waals surface area contributed by atoms with Crippen LogP contribution < -0.4 is 4.74 Å². The molecule has 0 aliphatic heterocycles. The molecule has 1 aliphatic rings. The average Bonchev–Trinajstić information content (AvgIpc) is 2.79. The molecule has 0 heterocycles. The molecule has 0 atom stereocenters. The van der Waals surface area contributed by atoms with Crippen LogP contribution in [0.5, 0.6) is 5.75 Å². The average molecular weight is 440 g/mol. The van der Waals surface area contributed by atoms with Crippen LogP contribution in [0.15, 0.2) is 36.4 Å². The standard InChI is InChI=1S/C27H31F2NO2/c1-2-3-4-5-19-6-8-20(9-7-19)10-11-21-12-15-24(26(29)16-21)27(31)32-23-14-13-22(18-30)25(28)17-23/h12-17,19-20H,2-11H2,1H3/t19-,20-. The number of ether oxygens (including phenoxy) is 1. The smallest absolute Gasteiger partial charge is 0.346 e. The number of halogens is 2. The van der Waals surface area contributed by atoms with E-state index in [0.717, 1.165) is 30.4 Å². The number of hydrogen-bond acceptors (Lipinski definition) is 3. The van der Waals surface area contributed by atoms with Crippen molar-refractivity contribution in [2.45, 2.75) is 71.1 Å². The number of hydrogen-bond donors (Lipinski definition) is 0. The summed E-state index contributed by atoms with van der Waals surface area (Å²) in [5.41, 5.74) is 0.532. The van der Waals surface area contributed by atoms with Gasteiger partial charge >= 0.3 is 5.97 Å². The highest BCUT2D eigenvalue weighted by Gasteiger charge is 2.21. The molecule has 170 valence electrons. The van der Waals surface area contributed by atoms with Crippen LogP contribution in [-0.2, 0) is 6.42 Å². The summed E-state index contributed by atoms with van der Waals surface area (Å²) < 4.78 is 33.3. The van der Waals surface area contributed by atoms with Gasteiger partial charge in [0.1, 0.15) is 23.5 Å². The summed E-state index contributed by atoms with van der Waals surface area (Å²) in [6.45, 7) is 2.24. The Kier molecular flexibility index (Phi) is 8.79. The second kappa shape index (κ2) is 11.8. The van der Waals surface area contributed by atoms with Crippen molar-refractivity contribution in [2.24, 2.45) is 11.8 Å². The van der Waals surface area contributed by atoms with Gasteiger partial charge in [0.15, 0.2) is 0 Å². The molecule has 1 saturated carbocycles. The number of rotatable bonds is 9. The van der Waals surface area contributed by atoms with Crippen LogP contribution in [-0.4, -0.2) is 5.97 Å². The highest BCUT2D eigenvalue weighted by atomic mass is 19.1. The number of esters is 1. The highest BCUT2D eigenvalue weighted by Crippen LogP contribution is 2.34. The minimum absolute atomic E-state index is 0.0692. The molecule has 0 spiro atoms. The summed E-state index contributed by atoms with van der Waals surface area (Å²) in [5, 5.41) is 8.76. The molecule has 3 nitrogen and oxygen atoms in total. The molecule has 2 aromatic carbocycles. The van der Waals surface area contributed by atoms with E-state index in [4.69, 9.17) is 10.00 Å². The van der Waals surface area contributed by atoms with E-state index in [0.29, 0.717) is 5.92 Å². The predicted octanol–water partition coefficient (Wildman–Crippen LogP) is 7.37. The monoisotopic (exact) mass is 439 g/mol. The summed E-state index contributed by atoms with van der Waals surface area (Å²) in [6.07, 6.45) is 12.3. The van der Waals surface area contributed by atoms with Crippen LogP contribution in [0.25, 0.3) is 0 Å². The van der Waals surface area contributed by atoms with Crippen molar-refractivity contribution in [1.82, 2.24) is 0 Å². The molecule has 1 aliphatic carbocycles. The molecule has 2 aromatic rings. The van der Waals surface area contributed by atoms with E-state index in [2.05, 4.69) is 6.92 Å². The van der Waals surface area contributed by atoms with Crippen molar-refractivity contribution < 1.29 is 18.3 Å². The number of benzene rings is 2. The normalized spacial score (nSPS) is 18.2. The van der Waals surface area contributed by atoms with E-state index in [1.165, 1.54) is 75.6 Å². The summed E-state index contributed by atoms with van der Waals surface area (Å²) in [6, 6.07) is 9.75. The van der Waals surface area contributed by atoms with Gasteiger partial charge in [0, 0.05) is 6.07 Å². The van der Waals surface area contributed by atoms with Crippen LogP contribution in [0, 0.1) is 34.8 Å². The van der Waals surface area contributed by atoms with Gasteiger partial charge in [-0.05, 0) is 54.5 Å². The van der Waals surface area contributed by atoms with Gasteiger partial charge < -0.3 is 4.74 Å². The largest absolute Gasteiger partial charge is 0.423 e. The third kappa shape index (κ3) is 6.63. The Labute approximate surface area is 189 Å². The topological polar surface area (TPSA) is 50.1 Å². The van der Waals surface area contributed by atoms with Crippen molar-refractivity contribution in [3.63, 3.8) is 0 Å².